The van der Waals surface area contributed by atoms with E-state index in [-0.39, 0.29) is 22.6 Å². The molecule has 0 saturated carbocycles. The highest BCUT2D eigenvalue weighted by Gasteiger charge is 2.20. The van der Waals surface area contributed by atoms with Gasteiger partial charge in [0, 0.05) is 12.4 Å². The Labute approximate surface area is 152 Å². The molecule has 0 aliphatic rings. The Hall–Kier alpha value is -3.55. The Balaban J connectivity index is 1.86. The first-order valence-electron chi connectivity index (χ1n) is 7.92. The second-order valence-electron chi connectivity index (χ2n) is 5.67. The lowest BCUT2D eigenvalue weighted by molar-refractivity contribution is 0.0468. The summed E-state index contributed by atoms with van der Waals surface area (Å²) >= 11 is 0. The van der Waals surface area contributed by atoms with Gasteiger partial charge in [-0.1, -0.05) is 18.2 Å². The molecule has 0 amide bonds. The minimum Gasteiger partial charge on any atom is -0.496 e. The Morgan fingerprint density at radius 1 is 1.15 bits per heavy atom. The maximum absolute atomic E-state index is 13.4. The van der Waals surface area contributed by atoms with Crippen molar-refractivity contribution in [3.63, 3.8) is 0 Å². The number of hydrogen-bond donors (Lipinski definition) is 0. The summed E-state index contributed by atoms with van der Waals surface area (Å²) in [4.78, 5) is 36.8. The molecule has 138 valence electrons. The Kier molecular flexibility index (Phi) is 4.98. The predicted octanol–water partition coefficient (Wildman–Crippen LogP) is 2.12. The van der Waals surface area contributed by atoms with Gasteiger partial charge in [-0.15, -0.1) is 0 Å². The highest BCUT2D eigenvalue weighted by Crippen LogP contribution is 2.20. The quantitative estimate of drug-likeness (QED) is 0.505. The summed E-state index contributed by atoms with van der Waals surface area (Å²) in [5, 5.41) is 4.56. The normalized spacial score (nSPS) is 10.6. The molecular weight excluding hydrogens is 355 g/mol. The van der Waals surface area contributed by atoms with Gasteiger partial charge in [-0.05, 0) is 24.3 Å². The van der Waals surface area contributed by atoms with E-state index in [2.05, 4.69) is 5.10 Å². The molecule has 0 spiro atoms. The predicted molar refractivity (Wildman–Crippen MR) is 94.5 cm³/mol. The van der Waals surface area contributed by atoms with Crippen LogP contribution >= 0.6 is 0 Å². The van der Waals surface area contributed by atoms with Crippen molar-refractivity contribution in [2.75, 3.05) is 13.7 Å². The van der Waals surface area contributed by atoms with E-state index in [4.69, 9.17) is 9.47 Å². The zero-order valence-corrected chi connectivity index (χ0v) is 14.6. The van der Waals surface area contributed by atoms with E-state index in [1.165, 1.54) is 20.2 Å². The third kappa shape index (κ3) is 3.55. The van der Waals surface area contributed by atoms with Crippen LogP contribution in [0.25, 0.3) is 10.8 Å². The van der Waals surface area contributed by atoms with Crippen LogP contribution in [0, 0.1) is 5.82 Å². The van der Waals surface area contributed by atoms with Crippen LogP contribution in [-0.4, -0.2) is 35.2 Å². The van der Waals surface area contributed by atoms with Gasteiger partial charge in [0.2, 0.25) is 5.78 Å². The zero-order chi connectivity index (χ0) is 19.6. The Morgan fingerprint density at radius 3 is 2.56 bits per heavy atom. The van der Waals surface area contributed by atoms with Crippen LogP contribution in [0.2, 0.25) is 0 Å². The molecule has 8 heteroatoms. The van der Waals surface area contributed by atoms with Crippen LogP contribution in [0.5, 0.6) is 5.75 Å². The summed E-state index contributed by atoms with van der Waals surface area (Å²) in [6.07, 6.45) is 0. The summed E-state index contributed by atoms with van der Waals surface area (Å²) < 4.78 is 24.5. The van der Waals surface area contributed by atoms with Crippen molar-refractivity contribution < 1.29 is 23.5 Å². The lowest BCUT2D eigenvalue weighted by atomic mass is 10.1. The molecule has 0 fully saturated rings. The Bertz CT molecular complexity index is 1110. The number of nitrogens with zero attached hydrogens (tertiary/aromatic N) is 2. The number of fused-ring (bicyclic) bond motifs is 1. The summed E-state index contributed by atoms with van der Waals surface area (Å²) in [7, 11) is 2.75. The smallest absolute Gasteiger partial charge is 0.359 e. The molecule has 0 N–H and O–H groups in total. The van der Waals surface area contributed by atoms with Crippen molar-refractivity contribution >= 4 is 22.5 Å². The average Bonchev–Trinajstić information content (AvgIpc) is 2.68. The third-order valence-electron chi connectivity index (χ3n) is 3.95. The average molecular weight is 370 g/mol. The topological polar surface area (TPSA) is 87.5 Å². The molecule has 0 bridgehead atoms. The van der Waals surface area contributed by atoms with Gasteiger partial charge in [0.05, 0.1) is 18.1 Å². The number of carbonyl (C=O) groups excluding carboxylic acids is 2. The molecule has 0 saturated heterocycles. The number of aromatic nitrogens is 2. The molecule has 2 aromatic carbocycles. The summed E-state index contributed by atoms with van der Waals surface area (Å²) in [6.45, 7) is -0.627. The van der Waals surface area contributed by atoms with Gasteiger partial charge in [0.1, 0.15) is 11.6 Å². The molecule has 3 aromatic rings. The van der Waals surface area contributed by atoms with Crippen LogP contribution in [0.1, 0.15) is 20.8 Å². The number of ether oxygens (including phenoxy) is 2. The SMILES string of the molecule is COc1ccc(F)cc1C(=O)COC(=O)c1nn(C)c(=O)c2ccccc12. The van der Waals surface area contributed by atoms with Gasteiger partial charge < -0.3 is 9.47 Å². The highest BCUT2D eigenvalue weighted by molar-refractivity contribution is 6.04. The molecule has 0 atom stereocenters. The number of hydrogen-bond acceptors (Lipinski definition) is 6. The standard InChI is InChI=1S/C19H15FN2O5/c1-22-18(24)13-6-4-3-5-12(13)17(21-22)19(25)27-10-15(23)14-9-11(20)7-8-16(14)26-2/h3-9H,10H2,1-2H3. The molecule has 0 aliphatic heterocycles. The second-order valence-corrected chi connectivity index (χ2v) is 5.67. The fraction of sp³-hybridized carbons (Fsp3) is 0.158. The van der Waals surface area contributed by atoms with E-state index < -0.39 is 24.2 Å². The van der Waals surface area contributed by atoms with Crippen LogP contribution in [0.3, 0.4) is 0 Å². The molecule has 0 unspecified atom stereocenters. The van der Waals surface area contributed by atoms with Crippen molar-refractivity contribution in [1.29, 1.82) is 0 Å². The number of rotatable bonds is 5. The number of esters is 1. The van der Waals surface area contributed by atoms with E-state index in [0.29, 0.717) is 10.8 Å². The van der Waals surface area contributed by atoms with Crippen molar-refractivity contribution in [1.82, 2.24) is 9.78 Å². The third-order valence-corrected chi connectivity index (χ3v) is 3.95. The monoisotopic (exact) mass is 370 g/mol. The van der Waals surface area contributed by atoms with Crippen molar-refractivity contribution in [2.24, 2.45) is 7.05 Å². The van der Waals surface area contributed by atoms with Crippen LogP contribution < -0.4 is 10.3 Å². The minimum atomic E-state index is -0.870. The molecule has 1 heterocycles. The molecule has 1 aromatic heterocycles. The molecule has 0 radical (unpaired) electrons. The van der Waals surface area contributed by atoms with Crippen molar-refractivity contribution in [2.45, 2.75) is 0 Å². The van der Waals surface area contributed by atoms with Gasteiger partial charge in [0.25, 0.3) is 5.56 Å². The summed E-state index contributed by atoms with van der Waals surface area (Å²) in [5.74, 6) is -1.95. The number of halogens is 1. The van der Waals surface area contributed by atoms with E-state index in [1.807, 2.05) is 0 Å². The number of carbonyl (C=O) groups is 2. The number of methoxy groups -OCH3 is 1. The lowest BCUT2D eigenvalue weighted by Crippen LogP contribution is -2.24. The number of benzene rings is 2. The molecule has 7 nitrogen and oxygen atoms in total. The fourth-order valence-corrected chi connectivity index (χ4v) is 2.63. The van der Waals surface area contributed by atoms with Crippen LogP contribution in [0.15, 0.2) is 47.3 Å². The first-order chi connectivity index (χ1) is 12.9. The highest BCUT2D eigenvalue weighted by atomic mass is 19.1. The summed E-state index contributed by atoms with van der Waals surface area (Å²) in [6, 6.07) is 9.93. The number of ketones is 1. The molecule has 0 aliphatic carbocycles. The van der Waals surface area contributed by atoms with E-state index in [0.717, 1.165) is 16.8 Å². The van der Waals surface area contributed by atoms with Crippen LogP contribution in [0.4, 0.5) is 4.39 Å². The zero-order valence-electron chi connectivity index (χ0n) is 14.6. The van der Waals surface area contributed by atoms with Gasteiger partial charge in [-0.3, -0.25) is 9.59 Å². The van der Waals surface area contributed by atoms with Gasteiger partial charge in [-0.2, -0.15) is 5.10 Å². The number of Topliss-reactive ketones (excluding diaryl/α,β-unsaturated/α-hetero) is 1. The molecule has 27 heavy (non-hydrogen) atoms. The van der Waals surface area contributed by atoms with E-state index in [9.17, 15) is 18.8 Å². The molecular formula is C19H15FN2O5. The lowest BCUT2D eigenvalue weighted by Gasteiger charge is -2.10. The first-order valence-corrected chi connectivity index (χ1v) is 7.92. The molecule has 3 rings (SSSR count). The first kappa shape index (κ1) is 18.2. The van der Waals surface area contributed by atoms with Crippen LogP contribution in [-0.2, 0) is 11.8 Å². The van der Waals surface area contributed by atoms with Gasteiger partial charge >= 0.3 is 5.97 Å². The Morgan fingerprint density at radius 2 is 1.85 bits per heavy atom. The minimum absolute atomic E-state index is 0.0384. The summed E-state index contributed by atoms with van der Waals surface area (Å²) in [5.41, 5.74) is -0.488. The van der Waals surface area contributed by atoms with Crippen molar-refractivity contribution in [3.05, 3.63) is 69.9 Å². The fourth-order valence-electron chi connectivity index (χ4n) is 2.63. The second kappa shape index (κ2) is 7.36. The van der Waals surface area contributed by atoms with Gasteiger partial charge in [-0.25, -0.2) is 13.9 Å². The van der Waals surface area contributed by atoms with Gasteiger partial charge in [0.15, 0.2) is 12.3 Å². The maximum atomic E-state index is 13.4. The van der Waals surface area contributed by atoms with Crippen molar-refractivity contribution in [3.8, 4) is 5.75 Å². The largest absolute Gasteiger partial charge is 0.496 e. The maximum Gasteiger partial charge on any atom is 0.359 e. The van der Waals surface area contributed by atoms with E-state index >= 15 is 0 Å². The van der Waals surface area contributed by atoms with E-state index in [1.54, 1.807) is 24.3 Å². The number of aryl methyl sites for hydroxylation is 1.